The smallest absolute Gasteiger partial charge is 0.332 e. The number of carbonyl (C=O) groups is 1. The van der Waals surface area contributed by atoms with E-state index in [1.165, 1.54) is 7.11 Å². The molecule has 0 aliphatic heterocycles. The largest absolute Gasteiger partial charge is 0.495 e. The van der Waals surface area contributed by atoms with Crippen molar-refractivity contribution in [2.45, 2.75) is 0 Å². The molecule has 1 aromatic carbocycles. The van der Waals surface area contributed by atoms with E-state index < -0.39 is 16.1 Å². The zero-order valence-electron chi connectivity index (χ0n) is 8.85. The van der Waals surface area contributed by atoms with Crippen molar-refractivity contribution >= 4 is 21.7 Å². The predicted molar refractivity (Wildman–Crippen MR) is 60.0 cm³/mol. The summed E-state index contributed by atoms with van der Waals surface area (Å²) in [5.74, 6) is 0.450. The van der Waals surface area contributed by atoms with Crippen LogP contribution >= 0.6 is 0 Å². The molecule has 0 aromatic heterocycles. The maximum absolute atomic E-state index is 11.2. The van der Waals surface area contributed by atoms with Gasteiger partial charge in [0.1, 0.15) is 5.75 Å². The molecule has 0 aliphatic rings. The Morgan fingerprint density at radius 1 is 1.31 bits per heavy atom. The number of amides is 2. The molecule has 2 N–H and O–H groups in total. The minimum Gasteiger partial charge on any atom is -0.495 e. The molecule has 0 bridgehead atoms. The van der Waals surface area contributed by atoms with Crippen molar-refractivity contribution in [1.82, 2.24) is 4.72 Å². The standard InChI is InChI=1S/C9H12N2O4S/c1-15-8-6-4-3-5-7(8)10-9(12)11-16(2,13)14/h3-6H,1-2H3,(H2,10,11,12). The third-order valence-electron chi connectivity index (χ3n) is 1.63. The van der Waals surface area contributed by atoms with Gasteiger partial charge in [-0.2, -0.15) is 0 Å². The van der Waals surface area contributed by atoms with Crippen LogP contribution in [0.1, 0.15) is 0 Å². The Morgan fingerprint density at radius 2 is 1.94 bits per heavy atom. The fraction of sp³-hybridized carbons (Fsp3) is 0.222. The number of urea groups is 1. The Morgan fingerprint density at radius 3 is 2.50 bits per heavy atom. The lowest BCUT2D eigenvalue weighted by Crippen LogP contribution is -2.33. The van der Waals surface area contributed by atoms with Gasteiger partial charge in [-0.1, -0.05) is 12.1 Å². The van der Waals surface area contributed by atoms with Gasteiger partial charge in [-0.25, -0.2) is 17.9 Å². The summed E-state index contributed by atoms with van der Waals surface area (Å²) in [6, 6.07) is 5.85. The first kappa shape index (κ1) is 12.3. The van der Waals surface area contributed by atoms with E-state index in [1.54, 1.807) is 29.0 Å². The van der Waals surface area contributed by atoms with Gasteiger partial charge < -0.3 is 10.1 Å². The summed E-state index contributed by atoms with van der Waals surface area (Å²) >= 11 is 0. The lowest BCUT2D eigenvalue weighted by atomic mass is 10.3. The molecular weight excluding hydrogens is 232 g/mol. The highest BCUT2D eigenvalue weighted by Crippen LogP contribution is 2.22. The lowest BCUT2D eigenvalue weighted by Gasteiger charge is -2.09. The fourth-order valence-electron chi connectivity index (χ4n) is 1.06. The van der Waals surface area contributed by atoms with Crippen LogP contribution in [0.25, 0.3) is 0 Å². The van der Waals surface area contributed by atoms with Crippen LogP contribution in [0.3, 0.4) is 0 Å². The van der Waals surface area contributed by atoms with Gasteiger partial charge >= 0.3 is 6.03 Å². The molecule has 6 nitrogen and oxygen atoms in total. The summed E-state index contributed by atoms with van der Waals surface area (Å²) in [6.45, 7) is 0. The Bertz CT molecular complexity index is 484. The van der Waals surface area contributed by atoms with Crippen LogP contribution in [-0.4, -0.2) is 27.8 Å². The van der Waals surface area contributed by atoms with Gasteiger partial charge in [0.25, 0.3) is 0 Å². The van der Waals surface area contributed by atoms with Crippen molar-refractivity contribution in [2.75, 3.05) is 18.7 Å². The molecule has 0 spiro atoms. The quantitative estimate of drug-likeness (QED) is 0.822. The van der Waals surface area contributed by atoms with Gasteiger partial charge in [-0.05, 0) is 12.1 Å². The van der Waals surface area contributed by atoms with Crippen molar-refractivity contribution < 1.29 is 17.9 Å². The molecule has 2 amide bonds. The van der Waals surface area contributed by atoms with Crippen LogP contribution in [0.15, 0.2) is 24.3 Å². The van der Waals surface area contributed by atoms with Crippen LogP contribution in [0.5, 0.6) is 5.75 Å². The van der Waals surface area contributed by atoms with Crippen molar-refractivity contribution in [3.63, 3.8) is 0 Å². The number of benzene rings is 1. The molecule has 0 saturated carbocycles. The maximum Gasteiger partial charge on any atom is 0.332 e. The first-order valence-electron chi connectivity index (χ1n) is 4.34. The van der Waals surface area contributed by atoms with Crippen LogP contribution < -0.4 is 14.8 Å². The van der Waals surface area contributed by atoms with E-state index in [1.807, 2.05) is 0 Å². The molecule has 0 fully saturated rings. The number of hydrogen-bond donors (Lipinski definition) is 2. The Kier molecular flexibility index (Phi) is 3.73. The Hall–Kier alpha value is -1.76. The molecule has 88 valence electrons. The van der Waals surface area contributed by atoms with Gasteiger partial charge in [0, 0.05) is 0 Å². The monoisotopic (exact) mass is 244 g/mol. The number of para-hydroxylation sites is 2. The summed E-state index contributed by atoms with van der Waals surface area (Å²) in [4.78, 5) is 11.2. The molecule has 0 atom stereocenters. The highest BCUT2D eigenvalue weighted by molar-refractivity contribution is 7.89. The van der Waals surface area contributed by atoms with Gasteiger partial charge in [0.2, 0.25) is 10.0 Å². The topological polar surface area (TPSA) is 84.5 Å². The number of nitrogens with one attached hydrogen (secondary N) is 2. The van der Waals surface area contributed by atoms with E-state index in [2.05, 4.69) is 5.32 Å². The molecule has 0 aliphatic carbocycles. The van der Waals surface area contributed by atoms with Crippen molar-refractivity contribution in [2.24, 2.45) is 0 Å². The summed E-state index contributed by atoms with van der Waals surface area (Å²) in [5, 5.41) is 2.36. The second-order valence-electron chi connectivity index (χ2n) is 3.03. The molecular formula is C9H12N2O4S. The van der Waals surface area contributed by atoms with Gasteiger partial charge in [-0.3, -0.25) is 0 Å². The zero-order chi connectivity index (χ0) is 12.2. The molecule has 1 rings (SSSR count). The van der Waals surface area contributed by atoms with Crippen molar-refractivity contribution in [1.29, 1.82) is 0 Å². The minimum absolute atomic E-state index is 0.395. The molecule has 1 aromatic rings. The average molecular weight is 244 g/mol. The molecule has 0 saturated heterocycles. The summed E-state index contributed by atoms with van der Waals surface area (Å²) in [6.07, 6.45) is 0.898. The summed E-state index contributed by atoms with van der Waals surface area (Å²) < 4.78 is 28.3. The number of methoxy groups -OCH3 is 1. The molecule has 7 heteroatoms. The van der Waals surface area contributed by atoms with Crippen molar-refractivity contribution in [3.8, 4) is 5.75 Å². The normalized spacial score (nSPS) is 10.6. The van der Waals surface area contributed by atoms with E-state index in [-0.39, 0.29) is 0 Å². The van der Waals surface area contributed by atoms with Gasteiger partial charge in [-0.15, -0.1) is 0 Å². The molecule has 0 radical (unpaired) electrons. The number of ether oxygens (including phenoxy) is 1. The van der Waals surface area contributed by atoms with E-state index in [0.717, 1.165) is 6.26 Å². The number of sulfonamides is 1. The molecule has 0 unspecified atom stereocenters. The maximum atomic E-state index is 11.2. The SMILES string of the molecule is COc1ccccc1NC(=O)NS(C)(=O)=O. The molecule has 16 heavy (non-hydrogen) atoms. The second-order valence-corrected chi connectivity index (χ2v) is 4.78. The molecule has 0 heterocycles. The first-order chi connectivity index (χ1) is 7.42. The Balaban J connectivity index is 2.77. The van der Waals surface area contributed by atoms with E-state index >= 15 is 0 Å². The number of rotatable bonds is 3. The Labute approximate surface area is 93.7 Å². The lowest BCUT2D eigenvalue weighted by molar-refractivity contribution is 0.256. The van der Waals surface area contributed by atoms with Crippen LogP contribution in [0, 0.1) is 0 Å². The van der Waals surface area contributed by atoms with E-state index in [9.17, 15) is 13.2 Å². The second kappa shape index (κ2) is 4.84. The number of anilines is 1. The number of carbonyl (C=O) groups excluding carboxylic acids is 1. The minimum atomic E-state index is -3.57. The fourth-order valence-corrected chi connectivity index (χ4v) is 1.45. The zero-order valence-corrected chi connectivity index (χ0v) is 9.67. The highest BCUT2D eigenvalue weighted by Gasteiger charge is 2.10. The average Bonchev–Trinajstić information content (AvgIpc) is 2.15. The number of hydrogen-bond acceptors (Lipinski definition) is 4. The van der Waals surface area contributed by atoms with Gasteiger partial charge in [0.05, 0.1) is 19.1 Å². The first-order valence-corrected chi connectivity index (χ1v) is 6.23. The van der Waals surface area contributed by atoms with Crippen LogP contribution in [0.2, 0.25) is 0 Å². The van der Waals surface area contributed by atoms with Crippen molar-refractivity contribution in [3.05, 3.63) is 24.3 Å². The summed E-state index contributed by atoms with van der Waals surface area (Å²) in [5.41, 5.74) is 0.395. The van der Waals surface area contributed by atoms with Crippen LogP contribution in [-0.2, 0) is 10.0 Å². The highest BCUT2D eigenvalue weighted by atomic mass is 32.2. The van der Waals surface area contributed by atoms with E-state index in [4.69, 9.17) is 4.74 Å². The third-order valence-corrected chi connectivity index (χ3v) is 2.19. The summed E-state index contributed by atoms with van der Waals surface area (Å²) in [7, 11) is -2.11. The van der Waals surface area contributed by atoms with E-state index in [0.29, 0.717) is 11.4 Å². The predicted octanol–water partition coefficient (Wildman–Crippen LogP) is 0.776. The van der Waals surface area contributed by atoms with Crippen LogP contribution in [0.4, 0.5) is 10.5 Å². The third kappa shape index (κ3) is 3.77. The van der Waals surface area contributed by atoms with Gasteiger partial charge in [0.15, 0.2) is 0 Å².